The maximum atomic E-state index is 13.2. The van der Waals surface area contributed by atoms with Crippen molar-refractivity contribution in [1.29, 1.82) is 0 Å². The number of pyridine rings is 2. The van der Waals surface area contributed by atoms with Crippen LogP contribution in [0.5, 0.6) is 0 Å². The number of nitrogens with one attached hydrogen (secondary N) is 2. The summed E-state index contributed by atoms with van der Waals surface area (Å²) in [7, 11) is -4.54. The Balaban J connectivity index is 2.01. The van der Waals surface area contributed by atoms with Crippen LogP contribution in [0.25, 0.3) is 43.6 Å². The van der Waals surface area contributed by atoms with E-state index in [0.29, 0.717) is 32.7 Å². The van der Waals surface area contributed by atoms with Crippen LogP contribution < -0.4 is 10.9 Å². The van der Waals surface area contributed by atoms with Crippen molar-refractivity contribution in [3.63, 3.8) is 0 Å². The summed E-state index contributed by atoms with van der Waals surface area (Å²) in [6.07, 6.45) is 0. The number of aromatic nitrogens is 2. The number of fused-ring (bicyclic) bond motifs is 4. The van der Waals surface area contributed by atoms with E-state index in [4.69, 9.17) is 0 Å². The number of hydrogen-bond acceptors (Lipinski definition) is 4. The van der Waals surface area contributed by atoms with Crippen molar-refractivity contribution < 1.29 is 13.0 Å². The van der Waals surface area contributed by atoms with E-state index >= 15 is 0 Å². The molecule has 2 heterocycles. The zero-order chi connectivity index (χ0) is 21.4. The lowest BCUT2D eigenvalue weighted by molar-refractivity contribution is 0.484. The molecule has 0 fully saturated rings. The zero-order valence-electron chi connectivity index (χ0n) is 16.0. The molecule has 0 saturated heterocycles. The highest BCUT2D eigenvalue weighted by Gasteiger charge is 2.18. The molecule has 5 rings (SSSR count). The first kappa shape index (κ1) is 18.5. The molecule has 7 nitrogen and oxygen atoms in total. The normalized spacial score (nSPS) is 12.4. The van der Waals surface area contributed by atoms with Crippen LogP contribution in [0.2, 0.25) is 0 Å². The largest absolute Gasteiger partial charge is 0.354 e. The minimum Gasteiger partial charge on any atom is -0.354 e. The Hall–Kier alpha value is -3.49. The first-order valence-corrected chi connectivity index (χ1v) is 10.6. The van der Waals surface area contributed by atoms with Crippen LogP contribution in [-0.4, -0.2) is 22.9 Å². The average Bonchev–Trinajstić information content (AvgIpc) is 2.69. The second kappa shape index (κ2) is 6.01. The molecular formula is C22H16N2O5S. The van der Waals surface area contributed by atoms with Crippen LogP contribution in [0.3, 0.4) is 0 Å². The van der Waals surface area contributed by atoms with Crippen LogP contribution in [0, 0.1) is 13.8 Å². The molecule has 2 aromatic heterocycles. The molecule has 0 atom stereocenters. The molecule has 0 aliphatic rings. The lowest BCUT2D eigenvalue weighted by Crippen LogP contribution is -2.10. The Morgan fingerprint density at radius 2 is 1.47 bits per heavy atom. The minimum atomic E-state index is -4.54. The third kappa shape index (κ3) is 2.51. The molecule has 0 unspecified atom stereocenters. The van der Waals surface area contributed by atoms with E-state index in [1.165, 1.54) is 18.2 Å². The van der Waals surface area contributed by atoms with E-state index in [0.717, 1.165) is 11.1 Å². The number of para-hydroxylation sites is 1. The topological polar surface area (TPSA) is 120 Å². The molecule has 3 N–H and O–H groups in total. The van der Waals surface area contributed by atoms with Gasteiger partial charge in [-0.2, -0.15) is 8.42 Å². The number of hydrogen-bond donors (Lipinski definition) is 3. The van der Waals surface area contributed by atoms with Gasteiger partial charge in [-0.25, -0.2) is 0 Å². The van der Waals surface area contributed by atoms with Crippen molar-refractivity contribution in [2.75, 3.05) is 0 Å². The van der Waals surface area contributed by atoms with Crippen LogP contribution >= 0.6 is 0 Å². The van der Waals surface area contributed by atoms with Gasteiger partial charge >= 0.3 is 0 Å². The maximum absolute atomic E-state index is 13.2. The summed E-state index contributed by atoms with van der Waals surface area (Å²) in [5.41, 5.74) is 2.80. The highest BCUT2D eigenvalue weighted by atomic mass is 32.2. The van der Waals surface area contributed by atoms with Gasteiger partial charge in [0.2, 0.25) is 0 Å². The quantitative estimate of drug-likeness (QED) is 0.283. The Labute approximate surface area is 169 Å². The fraction of sp³-hybridized carbons (Fsp3) is 0.0909. The molecule has 0 aliphatic carbocycles. The van der Waals surface area contributed by atoms with Crippen molar-refractivity contribution in [1.82, 2.24) is 9.97 Å². The molecular weight excluding hydrogens is 404 g/mol. The lowest BCUT2D eigenvalue weighted by atomic mass is 10.0. The number of H-pyrrole nitrogens is 2. The summed E-state index contributed by atoms with van der Waals surface area (Å²) in [6.45, 7) is 3.81. The van der Waals surface area contributed by atoms with Gasteiger partial charge < -0.3 is 9.97 Å². The monoisotopic (exact) mass is 420 g/mol. The number of rotatable bonds is 1. The summed E-state index contributed by atoms with van der Waals surface area (Å²) in [6, 6.07) is 11.0. The van der Waals surface area contributed by atoms with E-state index in [-0.39, 0.29) is 16.3 Å². The second-order valence-electron chi connectivity index (χ2n) is 7.44. The first-order valence-electron chi connectivity index (χ1n) is 9.19. The Morgan fingerprint density at radius 3 is 2.17 bits per heavy atom. The van der Waals surface area contributed by atoms with Crippen molar-refractivity contribution in [2.45, 2.75) is 18.7 Å². The maximum Gasteiger partial charge on any atom is 0.296 e. The van der Waals surface area contributed by atoms with E-state index < -0.39 is 20.4 Å². The third-order valence-corrected chi connectivity index (χ3v) is 6.58. The highest BCUT2D eigenvalue weighted by Crippen LogP contribution is 2.26. The van der Waals surface area contributed by atoms with Crippen LogP contribution in [-0.2, 0) is 10.1 Å². The van der Waals surface area contributed by atoms with Gasteiger partial charge in [-0.1, -0.05) is 12.1 Å². The van der Waals surface area contributed by atoms with Gasteiger partial charge in [-0.05, 0) is 55.3 Å². The van der Waals surface area contributed by atoms with Crippen molar-refractivity contribution in [2.24, 2.45) is 0 Å². The molecule has 0 saturated carbocycles. The van der Waals surface area contributed by atoms with Crippen molar-refractivity contribution in [3.8, 4) is 0 Å². The summed E-state index contributed by atoms with van der Waals surface area (Å²) in [5, 5.41) is 1.39. The average molecular weight is 420 g/mol. The number of aromatic amines is 2. The molecule has 3 aromatic carbocycles. The molecule has 30 heavy (non-hydrogen) atoms. The first-order chi connectivity index (χ1) is 14.2. The number of aryl methyl sites for hydroxylation is 2. The molecule has 5 aromatic rings. The fourth-order valence-corrected chi connectivity index (χ4v) is 4.69. The zero-order valence-corrected chi connectivity index (χ0v) is 16.8. The molecule has 0 bridgehead atoms. The van der Waals surface area contributed by atoms with E-state index in [9.17, 15) is 22.6 Å². The standard InChI is InChI=1S/C22H16N2O5S/c1-10-6-7-15-19(11(10)2)22(26)14-9-17-13(8-16(14)23-15)21(25)12-4-3-5-18(20(12)24-17)30(27,28)29/h3-9H,1-2H3,(H,23,26)(H,24,25)(H,27,28,29). The second-order valence-corrected chi connectivity index (χ2v) is 8.83. The van der Waals surface area contributed by atoms with Crippen LogP contribution in [0.4, 0.5) is 0 Å². The summed E-state index contributed by atoms with van der Waals surface area (Å²) >= 11 is 0. The smallest absolute Gasteiger partial charge is 0.296 e. The Bertz CT molecular complexity index is 1780. The molecule has 0 radical (unpaired) electrons. The van der Waals surface area contributed by atoms with Gasteiger partial charge in [0.05, 0.1) is 22.1 Å². The van der Waals surface area contributed by atoms with Crippen molar-refractivity contribution in [3.05, 3.63) is 74.0 Å². The third-order valence-electron chi connectivity index (χ3n) is 5.69. The Morgan fingerprint density at radius 1 is 0.800 bits per heavy atom. The summed E-state index contributed by atoms with van der Waals surface area (Å²) < 4.78 is 33.0. The van der Waals surface area contributed by atoms with E-state index in [2.05, 4.69) is 9.97 Å². The molecule has 8 heteroatoms. The predicted octanol–water partition coefficient (Wildman–Crippen LogP) is 3.54. The van der Waals surface area contributed by atoms with Gasteiger partial charge in [-0.15, -0.1) is 0 Å². The molecule has 0 amide bonds. The van der Waals surface area contributed by atoms with Gasteiger partial charge in [0.1, 0.15) is 4.90 Å². The molecule has 0 aliphatic heterocycles. The Kier molecular flexibility index (Phi) is 3.71. The van der Waals surface area contributed by atoms with E-state index in [1.807, 2.05) is 26.0 Å². The molecule has 0 spiro atoms. The minimum absolute atomic E-state index is 0.00101. The number of benzene rings is 3. The predicted molar refractivity (Wildman–Crippen MR) is 117 cm³/mol. The van der Waals surface area contributed by atoms with E-state index in [1.54, 1.807) is 12.1 Å². The summed E-state index contributed by atoms with van der Waals surface area (Å²) in [5.74, 6) is 0. The van der Waals surface area contributed by atoms with Gasteiger partial charge in [-0.3, -0.25) is 14.1 Å². The molecule has 150 valence electrons. The highest BCUT2D eigenvalue weighted by molar-refractivity contribution is 7.86. The summed E-state index contributed by atoms with van der Waals surface area (Å²) in [4.78, 5) is 32.1. The van der Waals surface area contributed by atoms with Gasteiger partial charge in [0.15, 0.2) is 10.9 Å². The van der Waals surface area contributed by atoms with Gasteiger partial charge in [0, 0.05) is 21.5 Å². The van der Waals surface area contributed by atoms with Crippen LogP contribution in [0.1, 0.15) is 11.1 Å². The van der Waals surface area contributed by atoms with Crippen LogP contribution in [0.15, 0.2) is 56.9 Å². The lowest BCUT2D eigenvalue weighted by Gasteiger charge is -2.10. The fourth-order valence-electron chi connectivity index (χ4n) is 4.02. The van der Waals surface area contributed by atoms with Crippen molar-refractivity contribution >= 4 is 53.7 Å². The van der Waals surface area contributed by atoms with Gasteiger partial charge in [0.25, 0.3) is 10.1 Å². The SMILES string of the molecule is Cc1ccc2[nH]c3cc4c(=O)c5cccc(S(=O)(=O)O)c5[nH]c4cc3c(=O)c2c1C.